The largest absolute Gasteiger partial charge is 0.493 e. The Morgan fingerprint density at radius 3 is 2.38 bits per heavy atom. The normalized spacial score (nSPS) is 16.0. The second kappa shape index (κ2) is 8.75. The molecule has 0 spiro atoms. The van der Waals surface area contributed by atoms with Crippen LogP contribution in [0.5, 0.6) is 11.5 Å². The predicted molar refractivity (Wildman–Crippen MR) is 114 cm³/mol. The van der Waals surface area contributed by atoms with Crippen LogP contribution in [0.15, 0.2) is 52.1 Å². The highest BCUT2D eigenvalue weighted by Gasteiger charge is 2.33. The Morgan fingerprint density at radius 1 is 1.14 bits per heavy atom. The van der Waals surface area contributed by atoms with Gasteiger partial charge in [-0.3, -0.25) is 4.79 Å². The van der Waals surface area contributed by atoms with Crippen LogP contribution in [0.25, 0.3) is 0 Å². The number of hydrogen-bond acceptors (Lipinski definition) is 4. The molecule has 0 saturated carbocycles. The van der Waals surface area contributed by atoms with Crippen molar-refractivity contribution >= 4 is 45.2 Å². The molecule has 1 atom stereocenters. The third-order valence-corrected chi connectivity index (χ3v) is 5.37. The number of methoxy groups -OCH3 is 2. The average Bonchev–Trinajstić information content (AvgIpc) is 2.68. The number of hydrogen-bond donors (Lipinski definition) is 3. The summed E-state index contributed by atoms with van der Waals surface area (Å²) >= 11 is 9.41. The van der Waals surface area contributed by atoms with E-state index in [9.17, 15) is 9.59 Å². The first-order valence-corrected chi connectivity index (χ1v) is 9.77. The number of halogens is 2. The molecule has 0 aromatic heterocycles. The molecule has 1 aliphatic rings. The molecule has 0 bridgehead atoms. The van der Waals surface area contributed by atoms with Crippen molar-refractivity contribution in [1.29, 1.82) is 0 Å². The summed E-state index contributed by atoms with van der Waals surface area (Å²) in [6.07, 6.45) is 0. The molecule has 1 heterocycles. The van der Waals surface area contributed by atoms with Crippen molar-refractivity contribution in [1.82, 2.24) is 10.6 Å². The second-order valence-electron chi connectivity index (χ2n) is 6.26. The fraction of sp³-hybridized carbons (Fsp3) is 0.200. The van der Waals surface area contributed by atoms with Crippen molar-refractivity contribution in [2.75, 3.05) is 19.5 Å². The quantitative estimate of drug-likeness (QED) is 0.592. The van der Waals surface area contributed by atoms with E-state index in [0.717, 1.165) is 0 Å². The molecule has 0 saturated heterocycles. The molecule has 2 aromatic rings. The van der Waals surface area contributed by atoms with E-state index in [1.54, 1.807) is 43.3 Å². The number of rotatable bonds is 5. The molecular weight excluding hydrogens is 462 g/mol. The zero-order chi connectivity index (χ0) is 21.1. The van der Waals surface area contributed by atoms with Gasteiger partial charge in [-0.25, -0.2) is 4.79 Å². The van der Waals surface area contributed by atoms with Crippen LogP contribution >= 0.6 is 27.5 Å². The number of benzene rings is 2. The van der Waals surface area contributed by atoms with Crippen molar-refractivity contribution < 1.29 is 19.1 Å². The molecule has 0 aliphatic carbocycles. The van der Waals surface area contributed by atoms with Gasteiger partial charge in [-0.2, -0.15) is 0 Å². The van der Waals surface area contributed by atoms with Crippen molar-refractivity contribution in [3.63, 3.8) is 0 Å². The van der Waals surface area contributed by atoms with Crippen molar-refractivity contribution in [2.24, 2.45) is 0 Å². The summed E-state index contributed by atoms with van der Waals surface area (Å²) in [6.45, 7) is 1.68. The van der Waals surface area contributed by atoms with E-state index >= 15 is 0 Å². The van der Waals surface area contributed by atoms with E-state index in [4.69, 9.17) is 21.1 Å². The lowest BCUT2D eigenvalue weighted by molar-refractivity contribution is -0.113. The fourth-order valence-electron chi connectivity index (χ4n) is 3.05. The molecule has 0 fully saturated rings. The molecule has 1 unspecified atom stereocenters. The minimum atomic E-state index is -0.703. The lowest BCUT2D eigenvalue weighted by atomic mass is 9.94. The summed E-state index contributed by atoms with van der Waals surface area (Å²) < 4.78 is 11.3. The molecule has 0 radical (unpaired) electrons. The predicted octanol–water partition coefficient (Wildman–Crippen LogP) is 4.39. The Kier molecular flexibility index (Phi) is 6.34. The fourth-order valence-corrected chi connectivity index (χ4v) is 3.73. The van der Waals surface area contributed by atoms with Crippen LogP contribution in [0.2, 0.25) is 5.02 Å². The highest BCUT2D eigenvalue weighted by atomic mass is 79.9. The zero-order valence-corrected chi connectivity index (χ0v) is 18.3. The van der Waals surface area contributed by atoms with Gasteiger partial charge < -0.3 is 25.4 Å². The lowest BCUT2D eigenvalue weighted by Gasteiger charge is -2.29. The van der Waals surface area contributed by atoms with Gasteiger partial charge in [0.1, 0.15) is 0 Å². The van der Waals surface area contributed by atoms with Crippen molar-refractivity contribution in [2.45, 2.75) is 13.0 Å². The Labute approximate surface area is 181 Å². The number of carbonyl (C=O) groups excluding carboxylic acids is 2. The number of ether oxygens (including phenoxy) is 2. The van der Waals surface area contributed by atoms with Crippen molar-refractivity contribution in [3.8, 4) is 11.5 Å². The average molecular weight is 481 g/mol. The van der Waals surface area contributed by atoms with Crippen LogP contribution in [-0.4, -0.2) is 26.2 Å². The number of amides is 3. The lowest BCUT2D eigenvalue weighted by Crippen LogP contribution is -2.46. The highest BCUT2D eigenvalue weighted by Crippen LogP contribution is 2.39. The van der Waals surface area contributed by atoms with Gasteiger partial charge in [0.25, 0.3) is 5.91 Å². The number of urea groups is 1. The zero-order valence-electron chi connectivity index (χ0n) is 15.9. The van der Waals surface area contributed by atoms with Crippen LogP contribution in [-0.2, 0) is 4.79 Å². The molecule has 3 amide bonds. The van der Waals surface area contributed by atoms with Gasteiger partial charge in [0.2, 0.25) is 0 Å². The molecule has 3 N–H and O–H groups in total. The van der Waals surface area contributed by atoms with Gasteiger partial charge in [-0.15, -0.1) is 0 Å². The summed E-state index contributed by atoms with van der Waals surface area (Å²) in [5.41, 5.74) is 2.05. The molecule has 7 nitrogen and oxygen atoms in total. The maximum absolute atomic E-state index is 13.1. The molecule has 1 aliphatic heterocycles. The number of anilines is 1. The standard InChI is InChI=1S/C20H19BrClN3O4/c1-10-17(19(26)24-12-6-4-11(22)5-7-12)18(25-20(27)23-10)13-8-15(28-2)16(29-3)9-14(13)21/h4-9,18H,1-3H3,(H,24,26)(H2,23,25,27). The van der Waals surface area contributed by atoms with Crippen molar-refractivity contribution in [3.05, 3.63) is 62.7 Å². The SMILES string of the molecule is COc1cc(Br)c(C2NC(=O)NC(C)=C2C(=O)Nc2ccc(Cl)cc2)cc1OC. The van der Waals surface area contributed by atoms with E-state index < -0.39 is 12.1 Å². The molecule has 3 rings (SSSR count). The summed E-state index contributed by atoms with van der Waals surface area (Å²) in [5.74, 6) is 0.647. The molecule has 152 valence electrons. The third-order valence-electron chi connectivity index (χ3n) is 4.43. The summed E-state index contributed by atoms with van der Waals surface area (Å²) in [6, 6.07) is 9.11. The maximum atomic E-state index is 13.1. The minimum Gasteiger partial charge on any atom is -0.493 e. The van der Waals surface area contributed by atoms with E-state index in [2.05, 4.69) is 31.9 Å². The van der Waals surface area contributed by atoms with Crippen LogP contribution in [0.1, 0.15) is 18.5 Å². The topological polar surface area (TPSA) is 88.7 Å². The van der Waals surface area contributed by atoms with Gasteiger partial charge in [-0.1, -0.05) is 27.5 Å². The van der Waals surface area contributed by atoms with Gasteiger partial charge in [-0.05, 0) is 48.9 Å². The Bertz CT molecular complexity index is 992. The van der Waals surface area contributed by atoms with E-state index in [1.807, 2.05) is 0 Å². The van der Waals surface area contributed by atoms with Gasteiger partial charge >= 0.3 is 6.03 Å². The van der Waals surface area contributed by atoms with Crippen LogP contribution in [0.4, 0.5) is 10.5 Å². The van der Waals surface area contributed by atoms with E-state index in [0.29, 0.717) is 43.5 Å². The number of allylic oxidation sites excluding steroid dienone is 1. The maximum Gasteiger partial charge on any atom is 0.319 e. The summed E-state index contributed by atoms with van der Waals surface area (Å²) in [4.78, 5) is 25.2. The Morgan fingerprint density at radius 2 is 1.76 bits per heavy atom. The minimum absolute atomic E-state index is 0.357. The number of carbonyl (C=O) groups is 2. The highest BCUT2D eigenvalue weighted by molar-refractivity contribution is 9.10. The third kappa shape index (κ3) is 4.49. The van der Waals surface area contributed by atoms with Gasteiger partial charge in [0.15, 0.2) is 11.5 Å². The van der Waals surface area contributed by atoms with E-state index in [1.165, 1.54) is 14.2 Å². The monoisotopic (exact) mass is 479 g/mol. The molecular formula is C20H19BrClN3O4. The van der Waals surface area contributed by atoms with Crippen LogP contribution in [0.3, 0.4) is 0 Å². The smallest absolute Gasteiger partial charge is 0.319 e. The van der Waals surface area contributed by atoms with E-state index in [-0.39, 0.29) is 5.91 Å². The molecule has 2 aromatic carbocycles. The first-order chi connectivity index (χ1) is 13.8. The first kappa shape index (κ1) is 21.0. The van der Waals surface area contributed by atoms with Crippen LogP contribution in [0, 0.1) is 0 Å². The van der Waals surface area contributed by atoms with Crippen LogP contribution < -0.4 is 25.4 Å². The van der Waals surface area contributed by atoms with Gasteiger partial charge in [0, 0.05) is 20.9 Å². The summed E-state index contributed by atoms with van der Waals surface area (Å²) in [7, 11) is 3.05. The molecule has 29 heavy (non-hydrogen) atoms. The van der Waals surface area contributed by atoms with Gasteiger partial charge in [0.05, 0.1) is 25.8 Å². The Hall–Kier alpha value is -2.71. The Balaban J connectivity index is 2.02. The first-order valence-electron chi connectivity index (χ1n) is 8.60. The number of nitrogens with one attached hydrogen (secondary N) is 3. The summed E-state index contributed by atoms with van der Waals surface area (Å²) in [5, 5.41) is 8.86. The second-order valence-corrected chi connectivity index (χ2v) is 7.55. The molecule has 9 heteroatoms.